The van der Waals surface area contributed by atoms with E-state index in [1.165, 1.54) is 0 Å². The van der Waals surface area contributed by atoms with Gasteiger partial charge in [0.05, 0.1) is 0 Å². The average molecular weight is 161 g/mol. The Bertz CT molecular complexity index is 249. The molecule has 0 unspecified atom stereocenters. The van der Waals surface area contributed by atoms with E-state index in [9.17, 15) is 0 Å². The molecule has 5 fully saturated rings. The molecule has 0 aliphatic heterocycles. The quantitative estimate of drug-likeness (QED) is 0.550. The van der Waals surface area contributed by atoms with Crippen molar-refractivity contribution in [1.82, 2.24) is 4.90 Å². The molecule has 0 heterocycles. The van der Waals surface area contributed by atoms with Crippen molar-refractivity contribution in [1.29, 1.82) is 0 Å². The Balaban J connectivity index is 1.88. The highest BCUT2D eigenvalue weighted by Gasteiger charge is 2.96. The van der Waals surface area contributed by atoms with Crippen molar-refractivity contribution in [2.75, 3.05) is 14.1 Å². The number of hydrogen-bond donors (Lipinski definition) is 0. The van der Waals surface area contributed by atoms with Crippen molar-refractivity contribution in [3.63, 3.8) is 0 Å². The van der Waals surface area contributed by atoms with Crippen molar-refractivity contribution in [3.05, 3.63) is 12.7 Å². The molecule has 2 bridgehead atoms. The third-order valence-electron chi connectivity index (χ3n) is 5.32. The SMILES string of the molecule is C=CC1(N(C)C)C2C3C2C2C3C21. The van der Waals surface area contributed by atoms with Crippen LogP contribution in [0.2, 0.25) is 0 Å². The van der Waals surface area contributed by atoms with Crippen LogP contribution in [0.4, 0.5) is 0 Å². The molecular weight excluding hydrogens is 146 g/mol. The van der Waals surface area contributed by atoms with E-state index in [1.54, 1.807) is 0 Å². The van der Waals surface area contributed by atoms with Crippen LogP contribution >= 0.6 is 0 Å². The Labute approximate surface area is 73.4 Å². The maximum atomic E-state index is 4.06. The normalized spacial score (nSPS) is 73.6. The Morgan fingerprint density at radius 2 is 1.50 bits per heavy atom. The van der Waals surface area contributed by atoms with E-state index in [-0.39, 0.29) is 0 Å². The molecule has 1 heteroatoms. The minimum atomic E-state index is 0.435. The third kappa shape index (κ3) is 0.310. The van der Waals surface area contributed by atoms with Crippen LogP contribution < -0.4 is 0 Å². The molecule has 0 N–H and O–H groups in total. The van der Waals surface area contributed by atoms with Crippen molar-refractivity contribution < 1.29 is 0 Å². The summed E-state index contributed by atoms with van der Waals surface area (Å²) in [5.41, 5.74) is 0.435. The zero-order valence-electron chi connectivity index (χ0n) is 7.70. The Hall–Kier alpha value is -0.300. The summed E-state index contributed by atoms with van der Waals surface area (Å²) >= 11 is 0. The van der Waals surface area contributed by atoms with E-state index in [0.29, 0.717) is 5.54 Å². The molecule has 0 atom stereocenters. The van der Waals surface area contributed by atoms with Gasteiger partial charge in [-0.2, -0.15) is 0 Å². The molecule has 0 aromatic carbocycles. The van der Waals surface area contributed by atoms with Crippen LogP contribution in [0, 0.1) is 35.5 Å². The van der Waals surface area contributed by atoms with E-state index in [1.807, 2.05) is 0 Å². The zero-order chi connectivity index (χ0) is 8.25. The second-order valence-electron chi connectivity index (χ2n) is 5.35. The predicted octanol–water partition coefficient (Wildman–Crippen LogP) is 1.22. The van der Waals surface area contributed by atoms with Gasteiger partial charge in [0.25, 0.3) is 0 Å². The van der Waals surface area contributed by atoms with Crippen molar-refractivity contribution in [2.24, 2.45) is 35.5 Å². The highest BCUT2D eigenvalue weighted by molar-refractivity contribution is 5.48. The number of nitrogens with zero attached hydrogens (tertiary/aromatic N) is 1. The molecule has 0 radical (unpaired) electrons. The molecule has 0 aromatic heterocycles. The van der Waals surface area contributed by atoms with Crippen LogP contribution in [0.5, 0.6) is 0 Å². The van der Waals surface area contributed by atoms with Gasteiger partial charge in [0, 0.05) is 5.54 Å². The largest absolute Gasteiger partial charge is 0.300 e. The molecule has 5 aliphatic rings. The maximum absolute atomic E-state index is 4.06. The first-order valence-corrected chi connectivity index (χ1v) is 5.06. The lowest BCUT2D eigenvalue weighted by Crippen LogP contribution is -2.44. The summed E-state index contributed by atoms with van der Waals surface area (Å²) in [4.78, 5) is 2.44. The fraction of sp³-hybridized carbons (Fsp3) is 0.818. The summed E-state index contributed by atoms with van der Waals surface area (Å²) in [7, 11) is 4.47. The number of rotatable bonds is 2. The first-order chi connectivity index (χ1) is 5.75. The fourth-order valence-corrected chi connectivity index (χ4v) is 5.06. The molecule has 64 valence electrons. The minimum Gasteiger partial charge on any atom is -0.300 e. The first-order valence-electron chi connectivity index (χ1n) is 5.06. The molecule has 5 rings (SSSR count). The number of likely N-dealkylation sites (N-methyl/N-ethyl adjacent to an activating group) is 1. The van der Waals surface area contributed by atoms with Crippen LogP contribution in [0.15, 0.2) is 12.7 Å². The van der Waals surface area contributed by atoms with Gasteiger partial charge in [0.15, 0.2) is 0 Å². The van der Waals surface area contributed by atoms with Gasteiger partial charge in [0.2, 0.25) is 0 Å². The van der Waals surface area contributed by atoms with Crippen molar-refractivity contribution in [3.8, 4) is 0 Å². The second-order valence-corrected chi connectivity index (χ2v) is 5.35. The molecule has 0 amide bonds. The summed E-state index contributed by atoms with van der Waals surface area (Å²) in [5.74, 6) is 6.59. The molecule has 0 aromatic rings. The zero-order valence-corrected chi connectivity index (χ0v) is 7.70. The molecule has 5 aliphatic carbocycles. The van der Waals surface area contributed by atoms with E-state index < -0.39 is 0 Å². The van der Waals surface area contributed by atoms with E-state index >= 15 is 0 Å². The van der Waals surface area contributed by atoms with Gasteiger partial charge in [-0.3, -0.25) is 4.90 Å². The maximum Gasteiger partial charge on any atom is 0.0450 e. The van der Waals surface area contributed by atoms with Gasteiger partial charge in [-0.25, -0.2) is 0 Å². The molecule has 12 heavy (non-hydrogen) atoms. The van der Waals surface area contributed by atoms with Gasteiger partial charge in [0.1, 0.15) is 0 Å². The Morgan fingerprint density at radius 1 is 1.08 bits per heavy atom. The smallest absolute Gasteiger partial charge is 0.0450 e. The number of hydrogen-bond acceptors (Lipinski definition) is 1. The van der Waals surface area contributed by atoms with Crippen LogP contribution in [0.25, 0.3) is 0 Å². The fourth-order valence-electron chi connectivity index (χ4n) is 5.06. The van der Waals surface area contributed by atoms with E-state index in [0.717, 1.165) is 35.5 Å². The molecular formula is C11H15N. The van der Waals surface area contributed by atoms with Crippen LogP contribution in [-0.4, -0.2) is 24.5 Å². The summed E-state index contributed by atoms with van der Waals surface area (Å²) in [5, 5.41) is 0. The lowest BCUT2D eigenvalue weighted by Gasteiger charge is -2.35. The summed E-state index contributed by atoms with van der Waals surface area (Å²) in [6.07, 6.45) is 2.25. The van der Waals surface area contributed by atoms with Crippen molar-refractivity contribution >= 4 is 0 Å². The third-order valence-corrected chi connectivity index (χ3v) is 5.32. The van der Waals surface area contributed by atoms with Gasteiger partial charge in [-0.05, 0) is 49.6 Å². The highest BCUT2D eigenvalue weighted by atomic mass is 15.2. The van der Waals surface area contributed by atoms with Gasteiger partial charge in [-0.15, -0.1) is 6.58 Å². The van der Waals surface area contributed by atoms with Crippen molar-refractivity contribution in [2.45, 2.75) is 5.54 Å². The van der Waals surface area contributed by atoms with Crippen LogP contribution in [0.3, 0.4) is 0 Å². The standard InChI is InChI=1S/C11H15N/c1-4-11(12(2)3)9-5-6(9)8-7(5)10(8)11/h4-10H,1H2,2-3H3. The lowest BCUT2D eigenvalue weighted by molar-refractivity contribution is 0.176. The highest BCUT2D eigenvalue weighted by Crippen LogP contribution is 2.95. The van der Waals surface area contributed by atoms with Gasteiger partial charge < -0.3 is 0 Å². The monoisotopic (exact) mass is 161 g/mol. The lowest BCUT2D eigenvalue weighted by atomic mass is 9.91. The van der Waals surface area contributed by atoms with E-state index in [2.05, 4.69) is 31.7 Å². The Kier molecular flexibility index (Phi) is 0.678. The molecule has 0 spiro atoms. The predicted molar refractivity (Wildman–Crippen MR) is 47.6 cm³/mol. The van der Waals surface area contributed by atoms with Crippen LogP contribution in [0.1, 0.15) is 0 Å². The van der Waals surface area contributed by atoms with Gasteiger partial charge >= 0.3 is 0 Å². The molecule has 5 saturated carbocycles. The average Bonchev–Trinajstić information content (AvgIpc) is 2.71. The van der Waals surface area contributed by atoms with Gasteiger partial charge in [-0.1, -0.05) is 6.08 Å². The minimum absolute atomic E-state index is 0.435. The molecule has 1 nitrogen and oxygen atoms in total. The topological polar surface area (TPSA) is 3.24 Å². The second kappa shape index (κ2) is 1.31. The summed E-state index contributed by atoms with van der Waals surface area (Å²) in [6.45, 7) is 4.06. The van der Waals surface area contributed by atoms with Crippen LogP contribution in [-0.2, 0) is 0 Å². The summed E-state index contributed by atoms with van der Waals surface area (Å²) in [6, 6.07) is 0. The summed E-state index contributed by atoms with van der Waals surface area (Å²) < 4.78 is 0. The Morgan fingerprint density at radius 3 is 1.67 bits per heavy atom. The first kappa shape index (κ1) is 6.20. The van der Waals surface area contributed by atoms with E-state index in [4.69, 9.17) is 0 Å². The molecule has 0 saturated heterocycles.